The van der Waals surface area contributed by atoms with Gasteiger partial charge in [-0.1, -0.05) is 140 Å². The number of hydrogen-bond acceptors (Lipinski definition) is 1. The summed E-state index contributed by atoms with van der Waals surface area (Å²) in [6.07, 6.45) is 4.79. The molecule has 0 N–H and O–H groups in total. The predicted molar refractivity (Wildman–Crippen MR) is 188 cm³/mol. The van der Waals surface area contributed by atoms with E-state index >= 15 is 0 Å². The third-order valence-electron chi connectivity index (χ3n) is 8.94. The van der Waals surface area contributed by atoms with E-state index in [4.69, 9.17) is 0 Å². The summed E-state index contributed by atoms with van der Waals surface area (Å²) in [5, 5.41) is 7.62. The molecule has 1 aromatic heterocycles. The molecule has 0 amide bonds. The molecule has 0 fully saturated rings. The van der Waals surface area contributed by atoms with Crippen molar-refractivity contribution in [3.8, 4) is 44.5 Å². The third-order valence-corrected chi connectivity index (χ3v) is 8.94. The van der Waals surface area contributed by atoms with Gasteiger partial charge in [-0.25, -0.2) is 0 Å². The van der Waals surface area contributed by atoms with E-state index in [2.05, 4.69) is 151 Å². The average Bonchev–Trinajstić information content (AvgIpc) is 3.10. The summed E-state index contributed by atoms with van der Waals surface area (Å²) in [5.41, 5.74) is 11.2. The largest absolute Gasteiger partial charge is 0.264 e. The lowest BCUT2D eigenvalue weighted by Crippen LogP contribution is -1.92. The highest BCUT2D eigenvalue weighted by Crippen LogP contribution is 2.46. The molecule has 0 radical (unpaired) electrons. The lowest BCUT2D eigenvalue weighted by Gasteiger charge is -2.19. The maximum atomic E-state index is 4.34. The van der Waals surface area contributed by atoms with Crippen molar-refractivity contribution in [1.29, 1.82) is 0 Å². The molecule has 208 valence electrons. The number of nitrogens with zero attached hydrogens (tertiary/aromatic N) is 1. The third kappa shape index (κ3) is 4.37. The fourth-order valence-corrected chi connectivity index (χ4v) is 6.82. The number of pyridine rings is 1. The first-order valence-electron chi connectivity index (χ1n) is 15.4. The molecule has 1 heterocycles. The molecule has 1 heteroatoms. The van der Waals surface area contributed by atoms with Gasteiger partial charge < -0.3 is 0 Å². The highest BCUT2D eigenvalue weighted by Gasteiger charge is 2.18. The van der Waals surface area contributed by atoms with Gasteiger partial charge in [0.25, 0.3) is 0 Å². The summed E-state index contributed by atoms with van der Waals surface area (Å²) in [6, 6.07) is 53.3. The molecule has 0 saturated carbocycles. The number of aryl methyl sites for hydroxylation is 1. The lowest BCUT2D eigenvalue weighted by molar-refractivity contribution is 1.14. The van der Waals surface area contributed by atoms with Crippen LogP contribution >= 0.6 is 0 Å². The molecule has 0 saturated heterocycles. The molecule has 0 aliphatic carbocycles. The van der Waals surface area contributed by atoms with E-state index in [1.54, 1.807) is 0 Å². The van der Waals surface area contributed by atoms with E-state index in [9.17, 15) is 0 Å². The molecule has 0 aliphatic heterocycles. The fourth-order valence-electron chi connectivity index (χ4n) is 6.82. The molecule has 0 atom stereocenters. The van der Waals surface area contributed by atoms with Crippen LogP contribution in [0.15, 0.2) is 158 Å². The van der Waals surface area contributed by atoms with Crippen LogP contribution < -0.4 is 0 Å². The second-order valence-corrected chi connectivity index (χ2v) is 11.4. The molecule has 0 aliphatic rings. The van der Waals surface area contributed by atoms with Crippen LogP contribution in [0.25, 0.3) is 76.8 Å². The van der Waals surface area contributed by atoms with Crippen LogP contribution in [0.5, 0.6) is 0 Å². The van der Waals surface area contributed by atoms with E-state index in [1.807, 2.05) is 18.5 Å². The maximum Gasteiger partial charge on any atom is 0.0346 e. The molecule has 1 nitrogen and oxygen atoms in total. The van der Waals surface area contributed by atoms with Crippen LogP contribution in [0, 0.1) is 0 Å². The number of benzene rings is 7. The fraction of sp³-hybridized carbons (Fsp3) is 0.0465. The maximum absolute atomic E-state index is 4.34. The smallest absolute Gasteiger partial charge is 0.0346 e. The van der Waals surface area contributed by atoms with Gasteiger partial charge in [0, 0.05) is 18.0 Å². The monoisotopic (exact) mass is 561 g/mol. The van der Waals surface area contributed by atoms with Gasteiger partial charge in [0.2, 0.25) is 0 Å². The molecule has 0 bridgehead atoms. The number of fused-ring (bicyclic) bond motifs is 3. The molecular formula is C43H31N. The topological polar surface area (TPSA) is 12.9 Å². The van der Waals surface area contributed by atoms with Crippen molar-refractivity contribution in [3.63, 3.8) is 0 Å². The van der Waals surface area contributed by atoms with Gasteiger partial charge in [-0.2, -0.15) is 0 Å². The van der Waals surface area contributed by atoms with Crippen LogP contribution in [-0.4, -0.2) is 4.98 Å². The highest BCUT2D eigenvalue weighted by molar-refractivity contribution is 6.24. The molecule has 7 aromatic carbocycles. The highest BCUT2D eigenvalue weighted by atomic mass is 14.6. The number of rotatable bonds is 5. The normalized spacial score (nSPS) is 11.4. The second-order valence-electron chi connectivity index (χ2n) is 11.4. The van der Waals surface area contributed by atoms with Crippen LogP contribution in [0.3, 0.4) is 0 Å². The molecule has 0 unspecified atom stereocenters. The zero-order valence-corrected chi connectivity index (χ0v) is 24.7. The van der Waals surface area contributed by atoms with Gasteiger partial charge in [0.05, 0.1) is 0 Å². The average molecular weight is 562 g/mol. The van der Waals surface area contributed by atoms with E-state index < -0.39 is 0 Å². The van der Waals surface area contributed by atoms with E-state index in [0.29, 0.717) is 0 Å². The van der Waals surface area contributed by atoms with E-state index in [-0.39, 0.29) is 0 Å². The Balaban J connectivity index is 1.39. The summed E-state index contributed by atoms with van der Waals surface area (Å²) in [7, 11) is 0. The van der Waals surface area contributed by atoms with Crippen LogP contribution in [-0.2, 0) is 6.42 Å². The Hall–Kier alpha value is -5.53. The van der Waals surface area contributed by atoms with Gasteiger partial charge in [-0.15, -0.1) is 0 Å². The Morgan fingerprint density at radius 2 is 0.955 bits per heavy atom. The zero-order chi connectivity index (χ0) is 29.5. The Kier molecular flexibility index (Phi) is 6.50. The first-order valence-corrected chi connectivity index (χ1v) is 15.4. The SMILES string of the molecule is CCc1ccc(-c2c3ccccc3c(-c3cccc4c(-c5cccc(-c6cccnc6)c5)cccc34)c3ccccc23)cc1. The Morgan fingerprint density at radius 1 is 0.409 bits per heavy atom. The van der Waals surface area contributed by atoms with Crippen molar-refractivity contribution in [1.82, 2.24) is 4.98 Å². The molecular weight excluding hydrogens is 530 g/mol. The molecule has 8 rings (SSSR count). The summed E-state index contributed by atoms with van der Waals surface area (Å²) < 4.78 is 0. The predicted octanol–water partition coefficient (Wildman–Crippen LogP) is 11.8. The van der Waals surface area contributed by atoms with Gasteiger partial charge in [0.1, 0.15) is 0 Å². The lowest BCUT2D eigenvalue weighted by atomic mass is 9.84. The zero-order valence-electron chi connectivity index (χ0n) is 24.7. The van der Waals surface area contributed by atoms with Crippen LogP contribution in [0.4, 0.5) is 0 Å². The van der Waals surface area contributed by atoms with E-state index in [1.165, 1.54) is 76.8 Å². The quantitative estimate of drug-likeness (QED) is 0.190. The van der Waals surface area contributed by atoms with Gasteiger partial charge in [-0.05, 0) is 95.4 Å². The van der Waals surface area contributed by atoms with Crippen molar-refractivity contribution >= 4 is 32.3 Å². The molecule has 0 spiro atoms. The first kappa shape index (κ1) is 26.1. The second kappa shape index (κ2) is 10.9. The van der Waals surface area contributed by atoms with Gasteiger partial charge >= 0.3 is 0 Å². The Morgan fingerprint density at radius 3 is 1.59 bits per heavy atom. The number of aromatic nitrogens is 1. The van der Waals surface area contributed by atoms with Crippen molar-refractivity contribution in [2.45, 2.75) is 13.3 Å². The Labute approximate surface area is 258 Å². The summed E-state index contributed by atoms with van der Waals surface area (Å²) in [6.45, 7) is 2.21. The van der Waals surface area contributed by atoms with Crippen molar-refractivity contribution < 1.29 is 0 Å². The van der Waals surface area contributed by atoms with Crippen molar-refractivity contribution in [3.05, 3.63) is 164 Å². The van der Waals surface area contributed by atoms with Crippen molar-refractivity contribution in [2.75, 3.05) is 0 Å². The van der Waals surface area contributed by atoms with E-state index in [0.717, 1.165) is 12.0 Å². The molecule has 8 aromatic rings. The minimum Gasteiger partial charge on any atom is -0.264 e. The summed E-state index contributed by atoms with van der Waals surface area (Å²) >= 11 is 0. The van der Waals surface area contributed by atoms with Gasteiger partial charge in [0.15, 0.2) is 0 Å². The summed E-state index contributed by atoms with van der Waals surface area (Å²) in [5.74, 6) is 0. The van der Waals surface area contributed by atoms with Crippen LogP contribution in [0.2, 0.25) is 0 Å². The standard InChI is InChI=1S/C43H31N/c1-2-29-22-24-30(25-23-29)42-38-14-3-5-16-40(38)43(41-17-6-4-15-39(41)42)37-21-9-19-35-34(18-8-20-36(35)37)32-12-7-11-31(27-32)33-13-10-26-44-28-33/h3-28H,2H2,1H3. The minimum absolute atomic E-state index is 1.04. The number of hydrogen-bond donors (Lipinski definition) is 0. The first-order chi connectivity index (χ1) is 21.8. The minimum atomic E-state index is 1.04. The van der Waals surface area contributed by atoms with Crippen LogP contribution in [0.1, 0.15) is 12.5 Å². The summed E-state index contributed by atoms with van der Waals surface area (Å²) in [4.78, 5) is 4.34. The van der Waals surface area contributed by atoms with Gasteiger partial charge in [-0.3, -0.25) is 4.98 Å². The molecule has 44 heavy (non-hydrogen) atoms. The van der Waals surface area contributed by atoms with Crippen molar-refractivity contribution in [2.24, 2.45) is 0 Å². The Bertz CT molecular complexity index is 2240.